The van der Waals surface area contributed by atoms with Gasteiger partial charge in [-0.1, -0.05) is 29.8 Å². The van der Waals surface area contributed by atoms with Gasteiger partial charge in [-0.25, -0.2) is 4.98 Å². The molecular weight excluding hydrogens is 346 g/mol. The molecule has 0 aliphatic carbocycles. The van der Waals surface area contributed by atoms with Gasteiger partial charge in [0.1, 0.15) is 6.33 Å². The molecule has 5 heteroatoms. The van der Waals surface area contributed by atoms with Crippen LogP contribution in [0, 0.1) is 0 Å². The Morgan fingerprint density at radius 1 is 1.08 bits per heavy atom. The number of hydrogen-bond donors (Lipinski definition) is 1. The van der Waals surface area contributed by atoms with Gasteiger partial charge in [0.2, 0.25) is 0 Å². The van der Waals surface area contributed by atoms with Crippen LogP contribution in [0.15, 0.2) is 67.3 Å². The van der Waals surface area contributed by atoms with Crippen LogP contribution in [0.5, 0.6) is 0 Å². The second-order valence-corrected chi connectivity index (χ2v) is 7.19. The Bertz CT molecular complexity index is 1100. The molecule has 26 heavy (non-hydrogen) atoms. The molecule has 0 spiro atoms. The topological polar surface area (TPSA) is 50.9 Å². The molecule has 2 heterocycles. The maximum atomic E-state index is 10.2. The fourth-order valence-corrected chi connectivity index (χ4v) is 3.26. The van der Waals surface area contributed by atoms with Crippen molar-refractivity contribution in [2.24, 2.45) is 0 Å². The SMILES string of the molecule is CC(C)(O)c1ccc2c(c1)ncn2-c1cccc(-c2ccncc2Cl)c1. The van der Waals surface area contributed by atoms with Crippen LogP contribution < -0.4 is 0 Å². The summed E-state index contributed by atoms with van der Waals surface area (Å²) >= 11 is 6.29. The van der Waals surface area contributed by atoms with Crippen molar-refractivity contribution >= 4 is 22.6 Å². The maximum absolute atomic E-state index is 10.2. The van der Waals surface area contributed by atoms with Crippen molar-refractivity contribution in [3.63, 3.8) is 0 Å². The van der Waals surface area contributed by atoms with Crippen molar-refractivity contribution in [2.45, 2.75) is 19.4 Å². The van der Waals surface area contributed by atoms with E-state index in [4.69, 9.17) is 11.6 Å². The molecule has 0 saturated heterocycles. The van der Waals surface area contributed by atoms with Gasteiger partial charge in [-0.2, -0.15) is 0 Å². The highest BCUT2D eigenvalue weighted by Crippen LogP contribution is 2.30. The van der Waals surface area contributed by atoms with Crippen LogP contribution in [0.2, 0.25) is 5.02 Å². The summed E-state index contributed by atoms with van der Waals surface area (Å²) in [6.45, 7) is 3.54. The third kappa shape index (κ3) is 2.98. The lowest BCUT2D eigenvalue weighted by atomic mass is 9.98. The molecule has 0 radical (unpaired) electrons. The zero-order valence-corrected chi connectivity index (χ0v) is 15.3. The number of aliphatic hydroxyl groups is 1. The number of fused-ring (bicyclic) bond motifs is 1. The number of benzene rings is 2. The first-order valence-corrected chi connectivity index (χ1v) is 8.71. The molecule has 4 aromatic rings. The Morgan fingerprint density at radius 3 is 2.69 bits per heavy atom. The first-order chi connectivity index (χ1) is 12.4. The molecule has 2 aromatic heterocycles. The molecule has 2 aromatic carbocycles. The summed E-state index contributed by atoms with van der Waals surface area (Å²) in [5.41, 5.74) is 4.73. The molecule has 1 N–H and O–H groups in total. The highest BCUT2D eigenvalue weighted by atomic mass is 35.5. The Balaban J connectivity index is 1.81. The molecule has 0 bridgehead atoms. The molecule has 0 aliphatic heterocycles. The first-order valence-electron chi connectivity index (χ1n) is 8.34. The highest BCUT2D eigenvalue weighted by molar-refractivity contribution is 6.33. The lowest BCUT2D eigenvalue weighted by molar-refractivity contribution is 0.0787. The molecule has 0 atom stereocenters. The van der Waals surface area contributed by atoms with E-state index >= 15 is 0 Å². The zero-order chi connectivity index (χ0) is 18.3. The molecule has 0 saturated carbocycles. The first kappa shape index (κ1) is 16.8. The summed E-state index contributed by atoms with van der Waals surface area (Å²) in [5, 5.41) is 10.8. The van der Waals surface area contributed by atoms with E-state index in [9.17, 15) is 5.11 Å². The summed E-state index contributed by atoms with van der Waals surface area (Å²) in [4.78, 5) is 8.55. The van der Waals surface area contributed by atoms with Gasteiger partial charge in [-0.05, 0) is 55.3 Å². The normalized spacial score (nSPS) is 11.8. The largest absolute Gasteiger partial charge is 0.386 e. The van der Waals surface area contributed by atoms with Gasteiger partial charge in [0.25, 0.3) is 0 Å². The van der Waals surface area contributed by atoms with Gasteiger partial charge in [0, 0.05) is 23.6 Å². The van der Waals surface area contributed by atoms with Crippen LogP contribution in [0.1, 0.15) is 19.4 Å². The summed E-state index contributed by atoms with van der Waals surface area (Å²) in [6, 6.07) is 15.9. The number of halogens is 1. The van der Waals surface area contributed by atoms with Crippen LogP contribution in [-0.2, 0) is 5.60 Å². The summed E-state index contributed by atoms with van der Waals surface area (Å²) in [7, 11) is 0. The van der Waals surface area contributed by atoms with Crippen molar-refractivity contribution < 1.29 is 5.11 Å². The average molecular weight is 364 g/mol. The lowest BCUT2D eigenvalue weighted by Gasteiger charge is -2.17. The van der Waals surface area contributed by atoms with Crippen LogP contribution in [-0.4, -0.2) is 19.6 Å². The third-order valence-electron chi connectivity index (χ3n) is 4.46. The van der Waals surface area contributed by atoms with Gasteiger partial charge in [0.15, 0.2) is 0 Å². The molecular formula is C21H18ClN3O. The zero-order valence-electron chi connectivity index (χ0n) is 14.5. The van der Waals surface area contributed by atoms with E-state index in [-0.39, 0.29) is 0 Å². The fraction of sp³-hybridized carbons (Fsp3) is 0.143. The number of aromatic nitrogens is 3. The Hall–Kier alpha value is -2.69. The maximum Gasteiger partial charge on any atom is 0.100 e. The van der Waals surface area contributed by atoms with Gasteiger partial charge >= 0.3 is 0 Å². The molecule has 0 fully saturated rings. The minimum Gasteiger partial charge on any atom is -0.386 e. The Kier molecular flexibility index (Phi) is 4.02. The van der Waals surface area contributed by atoms with Crippen LogP contribution in [0.4, 0.5) is 0 Å². The summed E-state index contributed by atoms with van der Waals surface area (Å²) < 4.78 is 2.03. The van der Waals surface area contributed by atoms with Gasteiger partial charge < -0.3 is 5.11 Å². The predicted molar refractivity (Wildman–Crippen MR) is 105 cm³/mol. The quantitative estimate of drug-likeness (QED) is 0.559. The van der Waals surface area contributed by atoms with E-state index in [1.54, 1.807) is 32.6 Å². The molecule has 0 amide bonds. The van der Waals surface area contributed by atoms with Crippen molar-refractivity contribution in [3.05, 3.63) is 77.8 Å². The van der Waals surface area contributed by atoms with Crippen molar-refractivity contribution in [1.82, 2.24) is 14.5 Å². The van der Waals surface area contributed by atoms with Gasteiger partial charge in [0.05, 0.1) is 21.7 Å². The monoisotopic (exact) mass is 363 g/mol. The second kappa shape index (κ2) is 6.24. The lowest BCUT2D eigenvalue weighted by Crippen LogP contribution is -2.15. The smallest absolute Gasteiger partial charge is 0.100 e. The van der Waals surface area contributed by atoms with E-state index in [1.807, 2.05) is 47.0 Å². The van der Waals surface area contributed by atoms with E-state index in [0.29, 0.717) is 5.02 Å². The summed E-state index contributed by atoms with van der Waals surface area (Å²) in [5.74, 6) is 0. The number of pyridine rings is 1. The molecule has 4 nitrogen and oxygen atoms in total. The van der Waals surface area contributed by atoms with Crippen molar-refractivity contribution in [1.29, 1.82) is 0 Å². The van der Waals surface area contributed by atoms with Crippen molar-refractivity contribution in [3.8, 4) is 16.8 Å². The predicted octanol–water partition coefficient (Wildman–Crippen LogP) is 4.97. The standard InChI is InChI=1S/C21H18ClN3O/c1-21(2,26)15-6-7-20-19(11-15)24-13-25(20)16-5-3-4-14(10-16)17-8-9-23-12-18(17)22/h3-13,26H,1-2H3. The van der Waals surface area contributed by atoms with E-state index in [2.05, 4.69) is 16.0 Å². The number of imidazole rings is 1. The van der Waals surface area contributed by atoms with Gasteiger partial charge in [-0.15, -0.1) is 0 Å². The number of nitrogens with zero attached hydrogens (tertiary/aromatic N) is 3. The van der Waals surface area contributed by atoms with Crippen LogP contribution in [0.3, 0.4) is 0 Å². The third-order valence-corrected chi connectivity index (χ3v) is 4.76. The van der Waals surface area contributed by atoms with Crippen LogP contribution in [0.25, 0.3) is 27.8 Å². The summed E-state index contributed by atoms with van der Waals surface area (Å²) in [6.07, 6.45) is 5.18. The molecule has 130 valence electrons. The number of rotatable bonds is 3. The average Bonchev–Trinajstić information content (AvgIpc) is 3.05. The van der Waals surface area contributed by atoms with E-state index < -0.39 is 5.60 Å². The van der Waals surface area contributed by atoms with Crippen LogP contribution >= 0.6 is 11.6 Å². The Labute approximate surface area is 156 Å². The Morgan fingerprint density at radius 2 is 1.92 bits per heavy atom. The molecule has 0 aliphatic rings. The van der Waals surface area contributed by atoms with E-state index in [1.165, 1.54) is 0 Å². The number of hydrogen-bond acceptors (Lipinski definition) is 3. The van der Waals surface area contributed by atoms with Gasteiger partial charge in [-0.3, -0.25) is 9.55 Å². The van der Waals surface area contributed by atoms with E-state index in [0.717, 1.165) is 33.4 Å². The molecule has 4 rings (SSSR count). The second-order valence-electron chi connectivity index (χ2n) is 6.78. The molecule has 0 unspecified atom stereocenters. The highest BCUT2D eigenvalue weighted by Gasteiger charge is 2.17. The minimum absolute atomic E-state index is 0.620. The minimum atomic E-state index is -0.893. The van der Waals surface area contributed by atoms with Crippen molar-refractivity contribution in [2.75, 3.05) is 0 Å². The fourth-order valence-electron chi connectivity index (χ4n) is 3.03.